The van der Waals surface area contributed by atoms with Gasteiger partial charge in [-0.3, -0.25) is 4.79 Å². The number of hydrogen-bond acceptors (Lipinski definition) is 3. The molecule has 0 fully saturated rings. The maximum atomic E-state index is 11.5. The number of rotatable bonds is 3. The van der Waals surface area contributed by atoms with Crippen LogP contribution in [0.4, 0.5) is 5.69 Å². The molecule has 16 heavy (non-hydrogen) atoms. The Bertz CT molecular complexity index is 476. The van der Waals surface area contributed by atoms with E-state index in [1.807, 2.05) is 18.2 Å². The zero-order valence-corrected chi connectivity index (χ0v) is 9.06. The summed E-state index contributed by atoms with van der Waals surface area (Å²) in [6.07, 6.45) is 2.69. The van der Waals surface area contributed by atoms with Crippen LogP contribution >= 0.6 is 0 Å². The minimum absolute atomic E-state index is 0.123. The SMILES string of the molecule is CN1C(=O)Cc2cc(CCN=C=O)ccc21. The molecule has 82 valence electrons. The number of benzene rings is 1. The molecule has 0 bridgehead atoms. The van der Waals surface area contributed by atoms with Crippen LogP contribution in [0.5, 0.6) is 0 Å². The fourth-order valence-electron chi connectivity index (χ4n) is 1.91. The minimum atomic E-state index is 0.123. The average molecular weight is 216 g/mol. The van der Waals surface area contributed by atoms with E-state index in [1.165, 1.54) is 6.08 Å². The van der Waals surface area contributed by atoms with Crippen LogP contribution in [0.3, 0.4) is 0 Å². The second-order valence-corrected chi connectivity index (χ2v) is 3.82. The van der Waals surface area contributed by atoms with Crippen molar-refractivity contribution in [2.45, 2.75) is 12.8 Å². The number of amides is 1. The number of carbonyl (C=O) groups is 1. The van der Waals surface area contributed by atoms with Gasteiger partial charge in [0.05, 0.1) is 13.0 Å². The number of anilines is 1. The van der Waals surface area contributed by atoms with Crippen LogP contribution in [0.1, 0.15) is 11.1 Å². The van der Waals surface area contributed by atoms with Crippen molar-refractivity contribution in [3.8, 4) is 0 Å². The molecule has 1 aromatic rings. The number of nitrogens with zero attached hydrogens (tertiary/aromatic N) is 2. The van der Waals surface area contributed by atoms with Gasteiger partial charge >= 0.3 is 0 Å². The van der Waals surface area contributed by atoms with Crippen molar-refractivity contribution in [3.05, 3.63) is 29.3 Å². The van der Waals surface area contributed by atoms with Crippen molar-refractivity contribution >= 4 is 17.7 Å². The third-order valence-electron chi connectivity index (χ3n) is 2.80. The van der Waals surface area contributed by atoms with Crippen molar-refractivity contribution in [1.82, 2.24) is 0 Å². The van der Waals surface area contributed by atoms with Gasteiger partial charge < -0.3 is 4.90 Å². The smallest absolute Gasteiger partial charge is 0.234 e. The highest BCUT2D eigenvalue weighted by Gasteiger charge is 2.23. The molecule has 0 spiro atoms. The first-order chi connectivity index (χ1) is 7.72. The van der Waals surface area contributed by atoms with Crippen LogP contribution in [0.25, 0.3) is 0 Å². The summed E-state index contributed by atoms with van der Waals surface area (Å²) in [4.78, 5) is 26.6. The van der Waals surface area contributed by atoms with Crippen LogP contribution in [-0.2, 0) is 22.4 Å². The molecule has 0 saturated heterocycles. The van der Waals surface area contributed by atoms with Gasteiger partial charge in [-0.05, 0) is 23.6 Å². The summed E-state index contributed by atoms with van der Waals surface area (Å²) in [5.41, 5.74) is 3.13. The molecular formula is C12H12N2O2. The Labute approximate surface area is 93.6 Å². The number of carbonyl (C=O) groups excluding carboxylic acids is 2. The predicted octanol–water partition coefficient (Wildman–Crippen LogP) is 1.08. The van der Waals surface area contributed by atoms with Gasteiger partial charge in [-0.2, -0.15) is 0 Å². The third kappa shape index (κ3) is 1.88. The Hall–Kier alpha value is -1.93. The molecule has 1 aromatic carbocycles. The van der Waals surface area contributed by atoms with E-state index >= 15 is 0 Å². The molecule has 4 nitrogen and oxygen atoms in total. The van der Waals surface area contributed by atoms with Gasteiger partial charge in [0.2, 0.25) is 12.0 Å². The van der Waals surface area contributed by atoms with E-state index in [-0.39, 0.29) is 5.91 Å². The third-order valence-corrected chi connectivity index (χ3v) is 2.80. The molecule has 0 aliphatic carbocycles. The standard InChI is InChI=1S/C12H12N2O2/c1-14-11-3-2-9(4-5-13-8-15)6-10(11)7-12(14)16/h2-3,6H,4-5,7H2,1H3. The highest BCUT2D eigenvalue weighted by Crippen LogP contribution is 2.28. The van der Waals surface area contributed by atoms with Crippen molar-refractivity contribution in [3.63, 3.8) is 0 Å². The average Bonchev–Trinajstić information content (AvgIpc) is 2.55. The summed E-state index contributed by atoms with van der Waals surface area (Å²) in [5.74, 6) is 0.123. The van der Waals surface area contributed by atoms with E-state index in [4.69, 9.17) is 0 Å². The zero-order valence-electron chi connectivity index (χ0n) is 9.06. The largest absolute Gasteiger partial charge is 0.315 e. The molecule has 0 saturated carbocycles. The quantitative estimate of drug-likeness (QED) is 0.561. The summed E-state index contributed by atoms with van der Waals surface area (Å²) in [6.45, 7) is 0.450. The molecule has 1 amide bonds. The van der Waals surface area contributed by atoms with Crippen LogP contribution < -0.4 is 4.90 Å². The first-order valence-corrected chi connectivity index (χ1v) is 5.14. The summed E-state index contributed by atoms with van der Waals surface area (Å²) in [6, 6.07) is 5.92. The Balaban J connectivity index is 2.18. The molecular weight excluding hydrogens is 204 g/mol. The molecule has 4 heteroatoms. The Kier molecular flexibility index (Phi) is 2.84. The maximum absolute atomic E-state index is 11.5. The van der Waals surface area contributed by atoms with E-state index < -0.39 is 0 Å². The molecule has 1 aliphatic heterocycles. The summed E-state index contributed by atoms with van der Waals surface area (Å²) in [7, 11) is 1.78. The normalized spacial score (nSPS) is 13.6. The minimum Gasteiger partial charge on any atom is -0.315 e. The van der Waals surface area contributed by atoms with E-state index in [1.54, 1.807) is 11.9 Å². The van der Waals surface area contributed by atoms with Gasteiger partial charge in [-0.15, -0.1) is 0 Å². The first kappa shape index (κ1) is 10.6. The predicted molar refractivity (Wildman–Crippen MR) is 60.2 cm³/mol. The molecule has 2 rings (SSSR count). The number of aliphatic imine (C=N–C) groups is 1. The van der Waals surface area contributed by atoms with Crippen molar-refractivity contribution in [2.75, 3.05) is 18.5 Å². The number of isocyanates is 1. The number of likely N-dealkylation sites (N-methyl/N-ethyl adjacent to an activating group) is 1. The lowest BCUT2D eigenvalue weighted by Gasteiger charge is -2.10. The van der Waals surface area contributed by atoms with Gasteiger partial charge in [0.25, 0.3) is 0 Å². The molecule has 0 atom stereocenters. The van der Waals surface area contributed by atoms with E-state index in [0.29, 0.717) is 19.4 Å². The maximum Gasteiger partial charge on any atom is 0.234 e. The van der Waals surface area contributed by atoms with Gasteiger partial charge in [-0.1, -0.05) is 12.1 Å². The molecule has 0 aromatic heterocycles. The van der Waals surface area contributed by atoms with Crippen LogP contribution in [0.2, 0.25) is 0 Å². The Morgan fingerprint density at radius 3 is 3.06 bits per heavy atom. The first-order valence-electron chi connectivity index (χ1n) is 5.14. The van der Waals surface area contributed by atoms with E-state index in [9.17, 15) is 9.59 Å². The van der Waals surface area contributed by atoms with Gasteiger partial charge in [-0.25, -0.2) is 9.79 Å². The summed E-state index contributed by atoms with van der Waals surface area (Å²) >= 11 is 0. The fourth-order valence-corrected chi connectivity index (χ4v) is 1.91. The molecule has 1 heterocycles. The Morgan fingerprint density at radius 2 is 2.31 bits per heavy atom. The van der Waals surface area contributed by atoms with Gasteiger partial charge in [0, 0.05) is 12.7 Å². The lowest BCUT2D eigenvalue weighted by atomic mass is 10.1. The highest BCUT2D eigenvalue weighted by atomic mass is 16.2. The van der Waals surface area contributed by atoms with E-state index in [2.05, 4.69) is 4.99 Å². The molecule has 0 unspecified atom stereocenters. The second-order valence-electron chi connectivity index (χ2n) is 3.82. The van der Waals surface area contributed by atoms with Crippen LogP contribution in [0, 0.1) is 0 Å². The zero-order chi connectivity index (χ0) is 11.5. The lowest BCUT2D eigenvalue weighted by Crippen LogP contribution is -2.20. The molecule has 0 radical (unpaired) electrons. The van der Waals surface area contributed by atoms with Gasteiger partial charge in [0.1, 0.15) is 0 Å². The molecule has 1 aliphatic rings. The fraction of sp³-hybridized carbons (Fsp3) is 0.333. The van der Waals surface area contributed by atoms with Crippen molar-refractivity contribution < 1.29 is 9.59 Å². The van der Waals surface area contributed by atoms with Crippen LogP contribution in [0.15, 0.2) is 23.2 Å². The topological polar surface area (TPSA) is 49.7 Å². The van der Waals surface area contributed by atoms with E-state index in [0.717, 1.165) is 16.8 Å². The van der Waals surface area contributed by atoms with Crippen molar-refractivity contribution in [2.24, 2.45) is 4.99 Å². The van der Waals surface area contributed by atoms with Gasteiger partial charge in [0.15, 0.2) is 0 Å². The summed E-state index contributed by atoms with van der Waals surface area (Å²) < 4.78 is 0. The number of hydrogen-bond donors (Lipinski definition) is 0. The number of fused-ring (bicyclic) bond motifs is 1. The molecule has 0 N–H and O–H groups in total. The summed E-state index contributed by atoms with van der Waals surface area (Å²) in [5, 5.41) is 0. The van der Waals surface area contributed by atoms with Crippen molar-refractivity contribution in [1.29, 1.82) is 0 Å². The van der Waals surface area contributed by atoms with Crippen LogP contribution in [-0.4, -0.2) is 25.6 Å². The monoisotopic (exact) mass is 216 g/mol. The second kappa shape index (κ2) is 4.29. The highest BCUT2D eigenvalue weighted by molar-refractivity contribution is 6.00. The Morgan fingerprint density at radius 1 is 1.50 bits per heavy atom. The lowest BCUT2D eigenvalue weighted by molar-refractivity contribution is -0.117.